The van der Waals surface area contributed by atoms with Gasteiger partial charge in [0.05, 0.1) is 0 Å². The van der Waals surface area contributed by atoms with Gasteiger partial charge >= 0.3 is 35.8 Å². The standard InChI is InChI=1S/C23H22FN3.3C4H4O4/c24-18-4-5-23-21(14-18)17(15-26-23)9-13-27-11-7-16(8-12-27)19-2-1-3-22-20(19)6-10-25-22;3*5-3(6)1-2-4(7)8/h1-7,10,14-15,25-26H,8-9,11-13H2;3*1-2H,(H,5,6)(H,7,8)/b;3*2-1+. The minimum atomic E-state index is -1.26. The third-order valence-electron chi connectivity index (χ3n) is 6.77. The molecule has 0 atom stereocenters. The van der Waals surface area contributed by atoms with Gasteiger partial charge in [0.15, 0.2) is 0 Å². The van der Waals surface area contributed by atoms with E-state index < -0.39 is 35.8 Å². The maximum atomic E-state index is 13.5. The Hall–Kier alpha value is -6.81. The lowest BCUT2D eigenvalue weighted by Crippen LogP contribution is -2.30. The summed E-state index contributed by atoms with van der Waals surface area (Å²) in [6.45, 7) is 3.01. The van der Waals surface area contributed by atoms with E-state index in [1.165, 1.54) is 33.7 Å². The third-order valence-corrected chi connectivity index (χ3v) is 6.77. The SMILES string of the molecule is Fc1ccc2[nH]cc(CCN3CC=C(c4cccc5[nH]ccc45)CC3)c2c1.O=C(O)/C=C/C(=O)O.O=C(O)/C=C/C(=O)O.O=C(O)/C=C/C(=O)O. The number of carboxylic acid groups (broad SMARTS) is 6. The molecule has 51 heavy (non-hydrogen) atoms. The normalized spacial score (nSPS) is 12.7. The molecule has 0 fully saturated rings. The van der Waals surface area contributed by atoms with Crippen LogP contribution in [0.3, 0.4) is 0 Å². The summed E-state index contributed by atoms with van der Waals surface area (Å²) in [6, 6.07) is 13.6. The highest BCUT2D eigenvalue weighted by Gasteiger charge is 2.15. The number of hydrogen-bond acceptors (Lipinski definition) is 7. The fourth-order valence-electron chi connectivity index (χ4n) is 4.59. The fourth-order valence-corrected chi connectivity index (χ4v) is 4.59. The largest absolute Gasteiger partial charge is 0.478 e. The Kier molecular flexibility index (Phi) is 16.3. The molecule has 268 valence electrons. The predicted octanol–water partition coefficient (Wildman–Crippen LogP) is 4.26. The van der Waals surface area contributed by atoms with Crippen molar-refractivity contribution in [1.82, 2.24) is 14.9 Å². The van der Waals surface area contributed by atoms with Crippen LogP contribution >= 0.6 is 0 Å². The Morgan fingerprint density at radius 1 is 0.686 bits per heavy atom. The zero-order valence-corrected chi connectivity index (χ0v) is 26.7. The fraction of sp³-hybridized carbons (Fsp3) is 0.143. The molecule has 0 unspecified atom stereocenters. The van der Waals surface area contributed by atoms with Gasteiger partial charge in [-0.1, -0.05) is 18.2 Å². The van der Waals surface area contributed by atoms with Crippen molar-refractivity contribution in [3.8, 4) is 0 Å². The van der Waals surface area contributed by atoms with Gasteiger partial charge in [-0.15, -0.1) is 0 Å². The molecule has 2 aromatic carbocycles. The van der Waals surface area contributed by atoms with Crippen molar-refractivity contribution in [3.05, 3.63) is 114 Å². The minimum absolute atomic E-state index is 0.173. The molecule has 8 N–H and O–H groups in total. The summed E-state index contributed by atoms with van der Waals surface area (Å²) < 4.78 is 13.5. The summed E-state index contributed by atoms with van der Waals surface area (Å²) in [6.07, 6.45) is 11.7. The first-order chi connectivity index (χ1) is 24.2. The molecule has 0 aliphatic carbocycles. The number of carbonyl (C=O) groups is 6. The van der Waals surface area contributed by atoms with Crippen LogP contribution in [-0.2, 0) is 35.2 Å². The molecule has 0 bridgehead atoms. The number of aromatic nitrogens is 2. The van der Waals surface area contributed by atoms with Gasteiger partial charge in [0, 0.05) is 90.3 Å². The summed E-state index contributed by atoms with van der Waals surface area (Å²) in [5.41, 5.74) is 6.18. The molecule has 1 aliphatic heterocycles. The van der Waals surface area contributed by atoms with E-state index in [9.17, 15) is 33.2 Å². The highest BCUT2D eigenvalue weighted by atomic mass is 19.1. The quantitative estimate of drug-likeness (QED) is 0.107. The van der Waals surface area contributed by atoms with Crippen LogP contribution in [0.4, 0.5) is 4.39 Å². The van der Waals surface area contributed by atoms with Gasteiger partial charge in [-0.25, -0.2) is 33.2 Å². The monoisotopic (exact) mass is 707 g/mol. The second-order valence-corrected chi connectivity index (χ2v) is 10.3. The number of fused-ring (bicyclic) bond motifs is 2. The molecule has 15 nitrogen and oxygen atoms in total. The van der Waals surface area contributed by atoms with E-state index in [0.29, 0.717) is 36.5 Å². The Balaban J connectivity index is 0.000000309. The van der Waals surface area contributed by atoms with Crippen LogP contribution in [0.1, 0.15) is 17.5 Å². The summed E-state index contributed by atoms with van der Waals surface area (Å²) in [5.74, 6) is -7.72. The maximum Gasteiger partial charge on any atom is 0.328 e. The van der Waals surface area contributed by atoms with Crippen LogP contribution in [0.25, 0.3) is 27.4 Å². The lowest BCUT2D eigenvalue weighted by molar-refractivity contribution is -0.134. The van der Waals surface area contributed by atoms with Gasteiger partial charge in [0.2, 0.25) is 0 Å². The van der Waals surface area contributed by atoms with Crippen LogP contribution in [0.2, 0.25) is 0 Å². The van der Waals surface area contributed by atoms with Gasteiger partial charge < -0.3 is 40.6 Å². The van der Waals surface area contributed by atoms with Gasteiger partial charge in [-0.05, 0) is 59.9 Å². The number of aromatic amines is 2. The average Bonchev–Trinajstić information content (AvgIpc) is 3.73. The first kappa shape index (κ1) is 40.4. The lowest BCUT2D eigenvalue weighted by Gasteiger charge is -2.26. The maximum absolute atomic E-state index is 13.5. The van der Waals surface area contributed by atoms with Gasteiger partial charge in [0.25, 0.3) is 0 Å². The average molecular weight is 708 g/mol. The van der Waals surface area contributed by atoms with Crippen molar-refractivity contribution >= 4 is 63.2 Å². The number of carboxylic acids is 6. The molecule has 0 radical (unpaired) electrons. The van der Waals surface area contributed by atoms with Crippen molar-refractivity contribution in [2.75, 3.05) is 19.6 Å². The van der Waals surface area contributed by atoms with E-state index in [4.69, 9.17) is 30.6 Å². The number of nitrogens with one attached hydrogen (secondary N) is 2. The predicted molar refractivity (Wildman–Crippen MR) is 183 cm³/mol. The van der Waals surface area contributed by atoms with Crippen molar-refractivity contribution in [2.45, 2.75) is 12.8 Å². The van der Waals surface area contributed by atoms with Gasteiger partial charge in [-0.2, -0.15) is 0 Å². The first-order valence-corrected chi connectivity index (χ1v) is 14.8. The van der Waals surface area contributed by atoms with E-state index in [0.717, 1.165) is 43.4 Å². The second-order valence-electron chi connectivity index (χ2n) is 10.3. The van der Waals surface area contributed by atoms with Crippen LogP contribution in [0.15, 0.2) is 97.4 Å². The van der Waals surface area contributed by atoms with E-state index in [2.05, 4.69) is 45.2 Å². The molecule has 1 aliphatic rings. The third kappa shape index (κ3) is 15.3. The molecule has 16 heteroatoms. The van der Waals surface area contributed by atoms with Crippen molar-refractivity contribution in [1.29, 1.82) is 0 Å². The molecule has 4 aromatic rings. The zero-order chi connectivity index (χ0) is 37.9. The number of H-pyrrole nitrogens is 2. The smallest absolute Gasteiger partial charge is 0.328 e. The van der Waals surface area contributed by atoms with Crippen molar-refractivity contribution in [3.63, 3.8) is 0 Å². The molecule has 5 rings (SSSR count). The Bertz CT molecular complexity index is 1860. The van der Waals surface area contributed by atoms with Crippen LogP contribution in [0, 0.1) is 5.82 Å². The summed E-state index contributed by atoms with van der Waals surface area (Å²) in [4.78, 5) is 66.3. The Morgan fingerprint density at radius 2 is 1.22 bits per heavy atom. The highest BCUT2D eigenvalue weighted by molar-refractivity contribution is 5.93. The number of halogens is 1. The number of benzene rings is 2. The second kappa shape index (κ2) is 20.5. The summed E-state index contributed by atoms with van der Waals surface area (Å²) >= 11 is 0. The Labute approximate surface area is 288 Å². The van der Waals surface area contributed by atoms with E-state index >= 15 is 0 Å². The Morgan fingerprint density at radius 3 is 1.71 bits per heavy atom. The van der Waals surface area contributed by atoms with Crippen LogP contribution < -0.4 is 0 Å². The minimum Gasteiger partial charge on any atom is -0.478 e. The lowest BCUT2D eigenvalue weighted by atomic mass is 9.96. The van der Waals surface area contributed by atoms with Crippen molar-refractivity contribution in [2.24, 2.45) is 0 Å². The highest BCUT2D eigenvalue weighted by Crippen LogP contribution is 2.29. The summed E-state index contributed by atoms with van der Waals surface area (Å²) in [7, 11) is 0. The molecule has 0 spiro atoms. The number of rotatable bonds is 10. The van der Waals surface area contributed by atoms with Gasteiger partial charge in [0.1, 0.15) is 5.82 Å². The molecular weight excluding hydrogens is 673 g/mol. The molecule has 2 aromatic heterocycles. The van der Waals surface area contributed by atoms with Gasteiger partial charge in [-0.3, -0.25) is 4.90 Å². The van der Waals surface area contributed by atoms with E-state index in [1.54, 1.807) is 6.07 Å². The van der Waals surface area contributed by atoms with E-state index in [-0.39, 0.29) is 5.82 Å². The molecule has 0 saturated carbocycles. The van der Waals surface area contributed by atoms with Crippen molar-refractivity contribution < 1.29 is 63.8 Å². The zero-order valence-electron chi connectivity index (χ0n) is 26.7. The van der Waals surface area contributed by atoms with Crippen LogP contribution in [0.5, 0.6) is 0 Å². The summed E-state index contributed by atoms with van der Waals surface area (Å²) in [5, 5.41) is 49.2. The number of hydrogen-bond donors (Lipinski definition) is 8. The topological polar surface area (TPSA) is 259 Å². The van der Waals surface area contributed by atoms with E-state index in [1.807, 2.05) is 18.5 Å². The van der Waals surface area contributed by atoms with Crippen LogP contribution in [-0.4, -0.2) is 101 Å². The molecular formula is C35H34FN3O12. The number of aliphatic carboxylic acids is 6. The first-order valence-electron chi connectivity index (χ1n) is 14.8. The molecule has 3 heterocycles. The number of nitrogens with zero attached hydrogens (tertiary/aromatic N) is 1. The molecule has 0 saturated heterocycles. The molecule has 0 amide bonds.